The molecule has 1 rings (SSSR count). The van der Waals surface area contributed by atoms with Gasteiger partial charge in [-0.05, 0) is 12.1 Å². The molecule has 0 aliphatic rings. The number of carbonyl (C=O) groups is 2. The number of hydrogen-bond donors (Lipinski definition) is 1. The van der Waals surface area contributed by atoms with E-state index in [2.05, 4.69) is 16.6 Å². The summed E-state index contributed by atoms with van der Waals surface area (Å²) in [5, 5.41) is 8.80. The Morgan fingerprint density at radius 3 is 2.53 bits per heavy atom. The highest BCUT2D eigenvalue weighted by Gasteiger charge is 2.25. The lowest BCUT2D eigenvalue weighted by atomic mass is 10.1. The number of hydrogen-bond acceptors (Lipinski definition) is 3. The van der Waals surface area contributed by atoms with Crippen molar-refractivity contribution in [2.24, 2.45) is 5.92 Å². The van der Waals surface area contributed by atoms with Crippen LogP contribution in [0.4, 0.5) is 0 Å². The maximum absolute atomic E-state index is 11.1. The van der Waals surface area contributed by atoms with Gasteiger partial charge in [-0.2, -0.15) is 0 Å². The van der Waals surface area contributed by atoms with Gasteiger partial charge in [0.05, 0.1) is 7.11 Å². The van der Waals surface area contributed by atoms with E-state index in [0.29, 0.717) is 0 Å². The number of carbonyl (C=O) groups excluding carboxylic acids is 1. The molecule has 0 saturated heterocycles. The van der Waals surface area contributed by atoms with Crippen molar-refractivity contribution in [1.82, 2.24) is 0 Å². The minimum absolute atomic E-state index is 0.0586. The van der Waals surface area contributed by atoms with Gasteiger partial charge < -0.3 is 9.84 Å². The van der Waals surface area contributed by atoms with E-state index in [1.165, 1.54) is 0 Å². The molecule has 1 unspecified atom stereocenters. The van der Waals surface area contributed by atoms with Crippen molar-refractivity contribution in [3.63, 3.8) is 0 Å². The van der Waals surface area contributed by atoms with Gasteiger partial charge >= 0.3 is 11.9 Å². The Labute approximate surface area is 99.2 Å². The zero-order chi connectivity index (χ0) is 12.7. The topological polar surface area (TPSA) is 63.6 Å². The van der Waals surface area contributed by atoms with Crippen LogP contribution in [-0.2, 0) is 14.3 Å². The van der Waals surface area contributed by atoms with E-state index in [-0.39, 0.29) is 6.42 Å². The molecule has 88 valence electrons. The minimum atomic E-state index is -1.23. The molecular formula is C13H12O4. The van der Waals surface area contributed by atoms with Crippen molar-refractivity contribution < 1.29 is 19.4 Å². The molecule has 0 fully saturated rings. The lowest BCUT2D eigenvalue weighted by Gasteiger charge is -2.05. The summed E-state index contributed by atoms with van der Waals surface area (Å²) >= 11 is 0. The molecule has 0 aliphatic carbocycles. The Balaban J connectivity index is 2.68. The maximum atomic E-state index is 11.1. The Kier molecular flexibility index (Phi) is 4.77. The van der Waals surface area contributed by atoms with Crippen LogP contribution < -0.4 is 0 Å². The highest BCUT2D eigenvalue weighted by atomic mass is 16.5. The monoisotopic (exact) mass is 232 g/mol. The van der Waals surface area contributed by atoms with Crippen molar-refractivity contribution in [3.8, 4) is 11.8 Å². The molecule has 0 heterocycles. The Morgan fingerprint density at radius 1 is 1.35 bits per heavy atom. The SMILES string of the molecule is COC(=O)C(CC#Cc1ccccc1)C(=O)O. The van der Waals surface area contributed by atoms with Gasteiger partial charge in [-0.3, -0.25) is 9.59 Å². The second kappa shape index (κ2) is 6.33. The minimum Gasteiger partial charge on any atom is -0.481 e. The van der Waals surface area contributed by atoms with E-state index in [1.807, 2.05) is 18.2 Å². The Morgan fingerprint density at radius 2 is 2.00 bits per heavy atom. The van der Waals surface area contributed by atoms with Gasteiger partial charge in [0.2, 0.25) is 0 Å². The number of carboxylic acid groups (broad SMARTS) is 1. The molecule has 17 heavy (non-hydrogen) atoms. The van der Waals surface area contributed by atoms with Gasteiger partial charge in [-0.15, -0.1) is 0 Å². The molecule has 0 saturated carbocycles. The summed E-state index contributed by atoms with van der Waals surface area (Å²) in [6, 6.07) is 9.14. The van der Waals surface area contributed by atoms with Gasteiger partial charge in [-0.1, -0.05) is 30.0 Å². The molecule has 0 spiro atoms. The van der Waals surface area contributed by atoms with Crippen LogP contribution in [0.15, 0.2) is 30.3 Å². The van der Waals surface area contributed by atoms with Crippen molar-refractivity contribution in [2.75, 3.05) is 7.11 Å². The third-order valence-electron chi connectivity index (χ3n) is 2.10. The molecule has 1 aromatic rings. The summed E-state index contributed by atoms with van der Waals surface area (Å²) in [6.45, 7) is 0. The normalized spacial score (nSPS) is 10.9. The van der Waals surface area contributed by atoms with Crippen LogP contribution in [0.25, 0.3) is 0 Å². The fraction of sp³-hybridized carbons (Fsp3) is 0.231. The first-order chi connectivity index (χ1) is 8.15. The summed E-state index contributed by atoms with van der Waals surface area (Å²) < 4.78 is 4.39. The molecular weight excluding hydrogens is 220 g/mol. The summed E-state index contributed by atoms with van der Waals surface area (Å²) in [5.41, 5.74) is 0.779. The van der Waals surface area contributed by atoms with Gasteiger partial charge in [0.25, 0.3) is 0 Å². The average Bonchev–Trinajstić information content (AvgIpc) is 2.34. The van der Waals surface area contributed by atoms with Gasteiger partial charge in [-0.25, -0.2) is 0 Å². The number of methoxy groups -OCH3 is 1. The van der Waals surface area contributed by atoms with Gasteiger partial charge in [0.1, 0.15) is 0 Å². The quantitative estimate of drug-likeness (QED) is 0.484. The highest BCUT2D eigenvalue weighted by Crippen LogP contribution is 2.05. The van der Waals surface area contributed by atoms with Crippen molar-refractivity contribution in [3.05, 3.63) is 35.9 Å². The van der Waals surface area contributed by atoms with Gasteiger partial charge in [0, 0.05) is 12.0 Å². The number of benzene rings is 1. The zero-order valence-electron chi connectivity index (χ0n) is 9.34. The zero-order valence-corrected chi connectivity index (χ0v) is 9.34. The Hall–Kier alpha value is -2.28. The third kappa shape index (κ3) is 3.99. The maximum Gasteiger partial charge on any atom is 0.321 e. The number of rotatable bonds is 3. The molecule has 0 bridgehead atoms. The first kappa shape index (κ1) is 12.8. The van der Waals surface area contributed by atoms with E-state index in [0.717, 1.165) is 12.7 Å². The van der Waals surface area contributed by atoms with Crippen LogP contribution >= 0.6 is 0 Å². The van der Waals surface area contributed by atoms with Crippen LogP contribution in [0.1, 0.15) is 12.0 Å². The second-order valence-corrected chi connectivity index (χ2v) is 3.29. The molecule has 0 amide bonds. The van der Waals surface area contributed by atoms with Gasteiger partial charge in [0.15, 0.2) is 5.92 Å². The summed E-state index contributed by atoms with van der Waals surface area (Å²) in [5.74, 6) is 2.23. The number of aliphatic carboxylic acids is 1. The van der Waals surface area contributed by atoms with Crippen LogP contribution in [0.3, 0.4) is 0 Å². The van der Waals surface area contributed by atoms with E-state index >= 15 is 0 Å². The molecule has 0 radical (unpaired) electrons. The predicted octanol–water partition coefficient (Wildman–Crippen LogP) is 1.30. The fourth-order valence-corrected chi connectivity index (χ4v) is 1.19. The van der Waals surface area contributed by atoms with E-state index < -0.39 is 17.9 Å². The van der Waals surface area contributed by atoms with Crippen molar-refractivity contribution in [1.29, 1.82) is 0 Å². The van der Waals surface area contributed by atoms with Crippen LogP contribution in [-0.4, -0.2) is 24.2 Å². The van der Waals surface area contributed by atoms with Crippen molar-refractivity contribution >= 4 is 11.9 Å². The summed E-state index contributed by atoms with van der Waals surface area (Å²) in [7, 11) is 1.16. The molecule has 4 heteroatoms. The molecule has 1 atom stereocenters. The van der Waals surface area contributed by atoms with Crippen LogP contribution in [0, 0.1) is 17.8 Å². The summed E-state index contributed by atoms with van der Waals surface area (Å²) in [6.07, 6.45) is -0.0586. The molecule has 0 aromatic heterocycles. The van der Waals surface area contributed by atoms with E-state index in [4.69, 9.17) is 5.11 Å². The molecule has 0 aliphatic heterocycles. The second-order valence-electron chi connectivity index (χ2n) is 3.29. The van der Waals surface area contributed by atoms with Crippen LogP contribution in [0.2, 0.25) is 0 Å². The lowest BCUT2D eigenvalue weighted by molar-refractivity contribution is -0.156. The number of ether oxygens (including phenoxy) is 1. The van der Waals surface area contributed by atoms with Crippen molar-refractivity contribution in [2.45, 2.75) is 6.42 Å². The molecule has 4 nitrogen and oxygen atoms in total. The third-order valence-corrected chi connectivity index (χ3v) is 2.10. The lowest BCUT2D eigenvalue weighted by Crippen LogP contribution is -2.24. The molecule has 1 aromatic carbocycles. The first-order valence-corrected chi connectivity index (χ1v) is 4.99. The highest BCUT2D eigenvalue weighted by molar-refractivity contribution is 5.94. The standard InChI is InChI=1S/C13H12O4/c1-17-13(16)11(12(14)15)9-5-8-10-6-3-2-4-7-10/h2-4,6-7,11H,9H2,1H3,(H,14,15). The predicted molar refractivity (Wildman–Crippen MR) is 61.1 cm³/mol. The van der Waals surface area contributed by atoms with E-state index in [9.17, 15) is 9.59 Å². The number of esters is 1. The number of carboxylic acids is 1. The smallest absolute Gasteiger partial charge is 0.321 e. The summed E-state index contributed by atoms with van der Waals surface area (Å²) in [4.78, 5) is 21.9. The average molecular weight is 232 g/mol. The molecule has 1 N–H and O–H groups in total. The van der Waals surface area contributed by atoms with Crippen LogP contribution in [0.5, 0.6) is 0 Å². The Bertz CT molecular complexity index is 453. The first-order valence-electron chi connectivity index (χ1n) is 4.99. The van der Waals surface area contributed by atoms with E-state index in [1.54, 1.807) is 12.1 Å². The largest absolute Gasteiger partial charge is 0.481 e. The fourth-order valence-electron chi connectivity index (χ4n) is 1.19.